The Kier molecular flexibility index (Phi) is 4.15. The Morgan fingerprint density at radius 2 is 1.50 bits per heavy atom. The molecule has 2 saturated heterocycles. The highest BCUT2D eigenvalue weighted by molar-refractivity contribution is 6.11. The first-order valence-electron chi connectivity index (χ1n) is 8.79. The fourth-order valence-electron chi connectivity index (χ4n) is 3.51. The van der Waals surface area contributed by atoms with Gasteiger partial charge in [-0.3, -0.25) is 4.79 Å². The zero-order valence-electron chi connectivity index (χ0n) is 13.8. The van der Waals surface area contributed by atoms with Crippen LogP contribution in [0, 0.1) is 0 Å². The Balaban J connectivity index is 1.73. The number of anilines is 2. The van der Waals surface area contributed by atoms with Crippen molar-refractivity contribution in [3.8, 4) is 0 Å². The second-order valence-corrected chi connectivity index (χ2v) is 6.49. The van der Waals surface area contributed by atoms with Crippen LogP contribution in [0.1, 0.15) is 41.6 Å². The van der Waals surface area contributed by atoms with E-state index < -0.39 is 0 Å². The molecule has 0 radical (unpaired) electrons. The summed E-state index contributed by atoms with van der Waals surface area (Å²) in [6.45, 7) is 3.94. The summed E-state index contributed by atoms with van der Waals surface area (Å²) in [6.07, 6.45) is 6.41. The number of nitrogens with zero attached hydrogens (tertiary/aromatic N) is 4. The lowest BCUT2D eigenvalue weighted by atomic mass is 10.1. The van der Waals surface area contributed by atoms with Crippen LogP contribution in [0.3, 0.4) is 0 Å². The van der Waals surface area contributed by atoms with E-state index in [4.69, 9.17) is 4.98 Å². The van der Waals surface area contributed by atoms with Crippen LogP contribution in [0.25, 0.3) is 0 Å². The maximum atomic E-state index is 12.9. The summed E-state index contributed by atoms with van der Waals surface area (Å²) in [7, 11) is 0. The maximum absolute atomic E-state index is 12.9. The number of hydrogen-bond acceptors (Lipinski definition) is 5. The predicted molar refractivity (Wildman–Crippen MR) is 94.8 cm³/mol. The number of aromatic nitrogens is 2. The summed E-state index contributed by atoms with van der Waals surface area (Å²) in [4.78, 5) is 26.7. The van der Waals surface area contributed by atoms with Gasteiger partial charge in [-0.15, -0.1) is 0 Å². The number of carbonyl (C=O) groups is 1. The van der Waals surface area contributed by atoms with E-state index in [1.807, 2.05) is 30.3 Å². The summed E-state index contributed by atoms with van der Waals surface area (Å²) < 4.78 is 0. The molecule has 0 bridgehead atoms. The van der Waals surface area contributed by atoms with Gasteiger partial charge in [0.1, 0.15) is 5.82 Å². The van der Waals surface area contributed by atoms with Crippen LogP contribution in [0.15, 0.2) is 36.5 Å². The minimum atomic E-state index is 0.00507. The van der Waals surface area contributed by atoms with Gasteiger partial charge >= 0.3 is 0 Å². The highest BCUT2D eigenvalue weighted by Crippen LogP contribution is 2.27. The van der Waals surface area contributed by atoms with Crippen molar-refractivity contribution >= 4 is 17.5 Å². The van der Waals surface area contributed by atoms with Crippen molar-refractivity contribution in [2.24, 2.45) is 0 Å². The van der Waals surface area contributed by atoms with Crippen molar-refractivity contribution in [3.05, 3.63) is 47.7 Å². The second-order valence-electron chi connectivity index (χ2n) is 6.49. The number of rotatable bonds is 4. The second kappa shape index (κ2) is 6.59. The van der Waals surface area contributed by atoms with Crippen molar-refractivity contribution in [2.45, 2.75) is 25.7 Å². The van der Waals surface area contributed by atoms with Crippen LogP contribution in [-0.4, -0.2) is 41.9 Å². The lowest BCUT2D eigenvalue weighted by Crippen LogP contribution is -2.26. The molecule has 2 aromatic rings. The summed E-state index contributed by atoms with van der Waals surface area (Å²) in [5, 5.41) is 0. The van der Waals surface area contributed by atoms with Crippen LogP contribution in [0.4, 0.5) is 11.8 Å². The molecule has 0 unspecified atom stereocenters. The van der Waals surface area contributed by atoms with Crippen molar-refractivity contribution in [1.29, 1.82) is 0 Å². The Bertz CT molecular complexity index is 719. The molecule has 0 aliphatic carbocycles. The van der Waals surface area contributed by atoms with E-state index >= 15 is 0 Å². The average molecular weight is 322 g/mol. The molecule has 1 aromatic carbocycles. The Morgan fingerprint density at radius 1 is 0.875 bits per heavy atom. The third-order valence-corrected chi connectivity index (χ3v) is 4.83. The van der Waals surface area contributed by atoms with E-state index in [0.717, 1.165) is 50.8 Å². The summed E-state index contributed by atoms with van der Waals surface area (Å²) in [6, 6.07) is 9.41. The molecule has 124 valence electrons. The highest BCUT2D eigenvalue weighted by Gasteiger charge is 2.25. The molecule has 0 N–H and O–H groups in total. The van der Waals surface area contributed by atoms with Crippen molar-refractivity contribution in [2.75, 3.05) is 36.0 Å². The fourth-order valence-corrected chi connectivity index (χ4v) is 3.51. The van der Waals surface area contributed by atoms with Gasteiger partial charge in [-0.1, -0.05) is 30.3 Å². The zero-order chi connectivity index (χ0) is 16.4. The number of carbonyl (C=O) groups excluding carboxylic acids is 1. The molecule has 3 heterocycles. The molecule has 0 amide bonds. The summed E-state index contributed by atoms with van der Waals surface area (Å²) >= 11 is 0. The van der Waals surface area contributed by atoms with E-state index in [0.29, 0.717) is 11.1 Å². The van der Waals surface area contributed by atoms with Crippen molar-refractivity contribution in [3.63, 3.8) is 0 Å². The molecular formula is C19H22N4O. The first-order chi connectivity index (χ1) is 11.8. The maximum Gasteiger partial charge on any atom is 0.227 e. The first kappa shape index (κ1) is 15.1. The number of hydrogen-bond donors (Lipinski definition) is 0. The number of benzene rings is 1. The average Bonchev–Trinajstić information content (AvgIpc) is 3.35. The Labute approximate surface area is 142 Å². The molecule has 4 rings (SSSR count). The smallest absolute Gasteiger partial charge is 0.227 e. The van der Waals surface area contributed by atoms with Crippen LogP contribution in [0.5, 0.6) is 0 Å². The van der Waals surface area contributed by atoms with Gasteiger partial charge < -0.3 is 9.80 Å². The third kappa shape index (κ3) is 2.86. The zero-order valence-corrected chi connectivity index (χ0v) is 13.8. The molecule has 2 fully saturated rings. The normalized spacial score (nSPS) is 17.5. The quantitative estimate of drug-likeness (QED) is 0.810. The van der Waals surface area contributed by atoms with E-state index in [-0.39, 0.29) is 5.78 Å². The molecule has 0 atom stereocenters. The van der Waals surface area contributed by atoms with E-state index in [9.17, 15) is 4.79 Å². The van der Waals surface area contributed by atoms with Crippen LogP contribution >= 0.6 is 0 Å². The van der Waals surface area contributed by atoms with E-state index in [1.165, 1.54) is 12.8 Å². The van der Waals surface area contributed by atoms with E-state index in [1.54, 1.807) is 6.20 Å². The van der Waals surface area contributed by atoms with Crippen molar-refractivity contribution in [1.82, 2.24) is 9.97 Å². The molecule has 2 aliphatic heterocycles. The molecule has 2 aliphatic rings. The van der Waals surface area contributed by atoms with E-state index in [2.05, 4.69) is 14.8 Å². The highest BCUT2D eigenvalue weighted by atomic mass is 16.1. The van der Waals surface area contributed by atoms with Gasteiger partial charge in [0, 0.05) is 37.9 Å². The van der Waals surface area contributed by atoms with Crippen molar-refractivity contribution < 1.29 is 4.79 Å². The topological polar surface area (TPSA) is 49.3 Å². The third-order valence-electron chi connectivity index (χ3n) is 4.83. The molecule has 0 saturated carbocycles. The minimum absolute atomic E-state index is 0.00507. The monoisotopic (exact) mass is 322 g/mol. The fraction of sp³-hybridized carbons (Fsp3) is 0.421. The summed E-state index contributed by atoms with van der Waals surface area (Å²) in [5.74, 6) is 1.57. The molecular weight excluding hydrogens is 300 g/mol. The van der Waals surface area contributed by atoms with Crippen LogP contribution < -0.4 is 9.80 Å². The largest absolute Gasteiger partial charge is 0.356 e. The molecule has 1 aromatic heterocycles. The molecule has 5 nitrogen and oxygen atoms in total. The standard InChI is InChI=1S/C19H22N4O/c24-17(15-8-2-1-3-9-15)16-14-20-19(23-12-6-7-13-23)21-18(16)22-10-4-5-11-22/h1-3,8-9,14H,4-7,10-13H2. The van der Waals surface area contributed by atoms with Gasteiger partial charge in [-0.2, -0.15) is 4.98 Å². The van der Waals surface area contributed by atoms with Crippen LogP contribution in [0.2, 0.25) is 0 Å². The molecule has 5 heteroatoms. The number of ketones is 1. The Morgan fingerprint density at radius 3 is 2.17 bits per heavy atom. The van der Waals surface area contributed by atoms with Gasteiger partial charge in [-0.05, 0) is 25.7 Å². The first-order valence-corrected chi connectivity index (χ1v) is 8.79. The predicted octanol–water partition coefficient (Wildman–Crippen LogP) is 2.91. The molecule has 0 spiro atoms. The Hall–Kier alpha value is -2.43. The SMILES string of the molecule is O=C(c1ccccc1)c1cnc(N2CCCC2)nc1N1CCCC1. The van der Waals surface area contributed by atoms with Gasteiger partial charge in [0.25, 0.3) is 0 Å². The van der Waals surface area contributed by atoms with Gasteiger partial charge in [-0.25, -0.2) is 4.98 Å². The lowest BCUT2D eigenvalue weighted by Gasteiger charge is -2.22. The van der Waals surface area contributed by atoms with Crippen LogP contribution in [-0.2, 0) is 0 Å². The minimum Gasteiger partial charge on any atom is -0.356 e. The van der Waals surface area contributed by atoms with Gasteiger partial charge in [0.2, 0.25) is 5.95 Å². The van der Waals surface area contributed by atoms with Gasteiger partial charge in [0.05, 0.1) is 5.56 Å². The lowest BCUT2D eigenvalue weighted by molar-refractivity contribution is 0.103. The van der Waals surface area contributed by atoms with Gasteiger partial charge in [0.15, 0.2) is 5.78 Å². The summed E-state index contributed by atoms with van der Waals surface area (Å²) in [5.41, 5.74) is 1.31. The molecule has 24 heavy (non-hydrogen) atoms.